The van der Waals surface area contributed by atoms with Gasteiger partial charge >= 0.3 is 5.97 Å². The lowest BCUT2D eigenvalue weighted by atomic mass is 10.2. The number of ether oxygens (including phenoxy) is 3. The maximum absolute atomic E-state index is 13.1. The number of para-hydroxylation sites is 1. The van der Waals surface area contributed by atoms with Gasteiger partial charge in [0.05, 0.1) is 26.1 Å². The number of esters is 1. The van der Waals surface area contributed by atoms with Gasteiger partial charge in [-0.25, -0.2) is 14.2 Å². The quantitative estimate of drug-likeness (QED) is 0.153. The normalized spacial score (nSPS) is 10.8. The Balaban J connectivity index is 1.42. The first-order valence-corrected chi connectivity index (χ1v) is 11.0. The first-order valence-electron chi connectivity index (χ1n) is 10.1. The van der Waals surface area contributed by atoms with E-state index in [1.165, 1.54) is 37.7 Å². The van der Waals surface area contributed by atoms with Crippen LogP contribution < -0.4 is 19.6 Å². The van der Waals surface area contributed by atoms with Crippen molar-refractivity contribution in [2.45, 2.75) is 0 Å². The molecular formula is C25H20FN3O4S. The van der Waals surface area contributed by atoms with E-state index in [0.717, 1.165) is 16.8 Å². The summed E-state index contributed by atoms with van der Waals surface area (Å²) in [6.45, 7) is 0. The maximum atomic E-state index is 13.1. The predicted octanol–water partition coefficient (Wildman–Crippen LogP) is 5.63. The Morgan fingerprint density at radius 3 is 2.53 bits per heavy atom. The Morgan fingerprint density at radius 1 is 1.00 bits per heavy atom. The fourth-order valence-electron chi connectivity index (χ4n) is 3.06. The molecule has 0 spiro atoms. The molecule has 7 nitrogen and oxygen atoms in total. The van der Waals surface area contributed by atoms with Crippen molar-refractivity contribution >= 4 is 28.7 Å². The number of hydrogen-bond acceptors (Lipinski definition) is 8. The van der Waals surface area contributed by atoms with Gasteiger partial charge in [0.15, 0.2) is 11.5 Å². The molecule has 0 aliphatic rings. The van der Waals surface area contributed by atoms with Crippen molar-refractivity contribution in [2.75, 3.05) is 19.6 Å². The summed E-state index contributed by atoms with van der Waals surface area (Å²) in [7, 11) is 2.98. The van der Waals surface area contributed by atoms with Crippen LogP contribution in [0.1, 0.15) is 15.9 Å². The van der Waals surface area contributed by atoms with Gasteiger partial charge in [0.1, 0.15) is 17.1 Å². The van der Waals surface area contributed by atoms with Crippen LogP contribution in [0, 0.1) is 5.82 Å². The van der Waals surface area contributed by atoms with Crippen LogP contribution >= 0.6 is 11.3 Å². The predicted molar refractivity (Wildman–Crippen MR) is 130 cm³/mol. The summed E-state index contributed by atoms with van der Waals surface area (Å²) in [6.07, 6.45) is 1.59. The molecule has 0 aliphatic carbocycles. The summed E-state index contributed by atoms with van der Waals surface area (Å²) in [6, 6.07) is 18.0. The average Bonchev–Trinajstić information content (AvgIpc) is 3.34. The lowest BCUT2D eigenvalue weighted by Gasteiger charge is -2.11. The average molecular weight is 478 g/mol. The van der Waals surface area contributed by atoms with E-state index in [4.69, 9.17) is 14.2 Å². The highest BCUT2D eigenvalue weighted by molar-refractivity contribution is 7.14. The van der Waals surface area contributed by atoms with Crippen LogP contribution in [0.5, 0.6) is 17.2 Å². The standard InChI is InChI=1S/C25H20FN3O4S/c1-31-21-6-4-3-5-19(21)24(30)33-22-12-7-16(13-23(22)32-2)14-27-29-25-28-20(15-34-25)17-8-10-18(26)11-9-17/h3-15H,1-2H3,(H,28,29). The Hall–Kier alpha value is -4.24. The van der Waals surface area contributed by atoms with Crippen molar-refractivity contribution in [1.82, 2.24) is 4.98 Å². The molecule has 1 N–H and O–H groups in total. The molecule has 34 heavy (non-hydrogen) atoms. The fourth-order valence-corrected chi connectivity index (χ4v) is 3.73. The van der Waals surface area contributed by atoms with Crippen LogP contribution in [0.25, 0.3) is 11.3 Å². The second-order valence-electron chi connectivity index (χ2n) is 6.91. The summed E-state index contributed by atoms with van der Waals surface area (Å²) in [5.41, 5.74) is 5.45. The van der Waals surface area contributed by atoms with Gasteiger partial charge in [-0.05, 0) is 60.2 Å². The van der Waals surface area contributed by atoms with E-state index >= 15 is 0 Å². The third-order valence-corrected chi connectivity index (χ3v) is 5.48. The smallest absolute Gasteiger partial charge is 0.347 e. The van der Waals surface area contributed by atoms with Gasteiger partial charge in [0.25, 0.3) is 0 Å². The molecule has 3 aromatic carbocycles. The Kier molecular flexibility index (Phi) is 7.14. The zero-order chi connectivity index (χ0) is 23.9. The van der Waals surface area contributed by atoms with Crippen LogP contribution in [-0.2, 0) is 0 Å². The van der Waals surface area contributed by atoms with Crippen molar-refractivity contribution < 1.29 is 23.4 Å². The molecule has 0 aliphatic heterocycles. The molecule has 0 atom stereocenters. The number of carbonyl (C=O) groups is 1. The number of aromatic nitrogens is 1. The number of nitrogens with one attached hydrogen (secondary N) is 1. The minimum atomic E-state index is -0.556. The van der Waals surface area contributed by atoms with Gasteiger partial charge in [0.2, 0.25) is 5.13 Å². The van der Waals surface area contributed by atoms with Crippen LogP contribution in [0.2, 0.25) is 0 Å². The summed E-state index contributed by atoms with van der Waals surface area (Å²) in [5.74, 6) is 0.219. The maximum Gasteiger partial charge on any atom is 0.347 e. The first kappa shape index (κ1) is 22.9. The minimum Gasteiger partial charge on any atom is -0.496 e. The minimum absolute atomic E-state index is 0.271. The van der Waals surface area contributed by atoms with Crippen molar-refractivity contribution in [3.8, 4) is 28.5 Å². The number of rotatable bonds is 8. The number of hydrogen-bond donors (Lipinski definition) is 1. The molecule has 0 saturated heterocycles. The number of anilines is 1. The summed E-state index contributed by atoms with van der Waals surface area (Å²) in [5, 5.41) is 6.65. The molecule has 0 saturated carbocycles. The van der Waals surface area contributed by atoms with Crippen LogP contribution in [0.3, 0.4) is 0 Å². The summed E-state index contributed by atoms with van der Waals surface area (Å²) < 4.78 is 29.2. The van der Waals surface area contributed by atoms with Gasteiger partial charge < -0.3 is 14.2 Å². The third-order valence-electron chi connectivity index (χ3n) is 4.74. The number of thiazole rings is 1. The van der Waals surface area contributed by atoms with E-state index in [1.54, 1.807) is 60.8 Å². The fraction of sp³-hybridized carbons (Fsp3) is 0.0800. The lowest BCUT2D eigenvalue weighted by Crippen LogP contribution is -2.10. The number of methoxy groups -OCH3 is 2. The highest BCUT2D eigenvalue weighted by Crippen LogP contribution is 2.30. The second kappa shape index (κ2) is 10.6. The Bertz CT molecular complexity index is 1320. The van der Waals surface area contributed by atoms with Crippen molar-refractivity contribution in [3.63, 3.8) is 0 Å². The molecule has 0 bridgehead atoms. The molecule has 172 valence electrons. The highest BCUT2D eigenvalue weighted by Gasteiger charge is 2.16. The second-order valence-corrected chi connectivity index (χ2v) is 7.77. The Labute approximate surface area is 199 Å². The summed E-state index contributed by atoms with van der Waals surface area (Å²) >= 11 is 1.38. The molecule has 0 unspecified atom stereocenters. The molecule has 4 rings (SSSR count). The van der Waals surface area contributed by atoms with Crippen molar-refractivity contribution in [3.05, 3.63) is 89.1 Å². The van der Waals surface area contributed by atoms with E-state index in [0.29, 0.717) is 22.2 Å². The third kappa shape index (κ3) is 5.38. The van der Waals surface area contributed by atoms with Crippen LogP contribution in [0.4, 0.5) is 9.52 Å². The van der Waals surface area contributed by atoms with Gasteiger partial charge in [-0.15, -0.1) is 11.3 Å². The van der Waals surface area contributed by atoms with Gasteiger partial charge in [0, 0.05) is 10.9 Å². The van der Waals surface area contributed by atoms with E-state index in [9.17, 15) is 9.18 Å². The topological polar surface area (TPSA) is 82.0 Å². The number of hydrazone groups is 1. The van der Waals surface area contributed by atoms with Crippen molar-refractivity contribution in [1.29, 1.82) is 0 Å². The largest absolute Gasteiger partial charge is 0.496 e. The molecule has 0 fully saturated rings. The SMILES string of the molecule is COc1cc(C=NNc2nc(-c3ccc(F)cc3)cs2)ccc1OC(=O)c1ccccc1OC. The monoisotopic (exact) mass is 477 g/mol. The molecular weight excluding hydrogens is 457 g/mol. The highest BCUT2D eigenvalue weighted by atomic mass is 32.1. The zero-order valence-electron chi connectivity index (χ0n) is 18.3. The van der Waals surface area contributed by atoms with Gasteiger partial charge in [-0.3, -0.25) is 5.43 Å². The van der Waals surface area contributed by atoms with Crippen LogP contribution in [0.15, 0.2) is 77.2 Å². The zero-order valence-corrected chi connectivity index (χ0v) is 19.1. The summed E-state index contributed by atoms with van der Waals surface area (Å²) in [4.78, 5) is 17.0. The number of halogens is 1. The van der Waals surface area contributed by atoms with Crippen molar-refractivity contribution in [2.24, 2.45) is 5.10 Å². The van der Waals surface area contributed by atoms with E-state index in [1.807, 2.05) is 5.38 Å². The van der Waals surface area contributed by atoms with E-state index < -0.39 is 5.97 Å². The molecule has 1 heterocycles. The lowest BCUT2D eigenvalue weighted by molar-refractivity contribution is 0.0726. The molecule has 0 amide bonds. The first-order chi connectivity index (χ1) is 16.6. The number of benzene rings is 3. The Morgan fingerprint density at radius 2 is 1.76 bits per heavy atom. The molecule has 9 heteroatoms. The van der Waals surface area contributed by atoms with E-state index in [-0.39, 0.29) is 11.6 Å². The number of carbonyl (C=O) groups excluding carboxylic acids is 1. The van der Waals surface area contributed by atoms with Gasteiger partial charge in [-0.1, -0.05) is 12.1 Å². The molecule has 1 aromatic heterocycles. The van der Waals surface area contributed by atoms with Crippen LogP contribution in [-0.4, -0.2) is 31.4 Å². The molecule has 0 radical (unpaired) electrons. The number of nitrogens with zero attached hydrogens (tertiary/aromatic N) is 2. The van der Waals surface area contributed by atoms with Gasteiger partial charge in [-0.2, -0.15) is 5.10 Å². The molecule has 4 aromatic rings. The van der Waals surface area contributed by atoms with E-state index in [2.05, 4.69) is 15.5 Å².